The number of hydrogen-bond acceptors (Lipinski definition) is 5. The van der Waals surface area contributed by atoms with Gasteiger partial charge in [0.2, 0.25) is 0 Å². The van der Waals surface area contributed by atoms with E-state index >= 15 is 0 Å². The Morgan fingerprint density at radius 1 is 1.71 bits per heavy atom. The monoisotopic (exact) mass is 199 g/mol. The number of ether oxygens (including phenoxy) is 1. The maximum Gasteiger partial charge on any atom is 0.303 e. The van der Waals surface area contributed by atoms with Crippen LogP contribution in [-0.2, 0) is 16.1 Å². The van der Waals surface area contributed by atoms with Gasteiger partial charge in [0.05, 0.1) is 12.6 Å². The van der Waals surface area contributed by atoms with Crippen molar-refractivity contribution < 1.29 is 19.1 Å². The molecule has 5 nitrogen and oxygen atoms in total. The fraction of sp³-hybridized carbons (Fsp3) is 0.444. The van der Waals surface area contributed by atoms with Crippen molar-refractivity contribution >= 4 is 5.97 Å². The number of rotatable bonds is 4. The van der Waals surface area contributed by atoms with E-state index in [2.05, 4.69) is 0 Å². The molecule has 14 heavy (non-hydrogen) atoms. The second kappa shape index (κ2) is 4.78. The molecule has 0 aliphatic carbocycles. The fourth-order valence-corrected chi connectivity index (χ4v) is 0.934. The Kier molecular flexibility index (Phi) is 3.67. The lowest BCUT2D eigenvalue weighted by Crippen LogP contribution is -2.13. The van der Waals surface area contributed by atoms with Crippen LogP contribution in [0.4, 0.5) is 0 Å². The largest absolute Gasteiger partial charge is 0.461 e. The standard InChI is InChI=1S/C9H13NO4/c1-6(12)13-5-7-2-3-9(14-7)8(10)4-11/h2-3,8,11H,4-5,10H2,1H3. The van der Waals surface area contributed by atoms with Crippen LogP contribution in [-0.4, -0.2) is 17.7 Å². The summed E-state index contributed by atoms with van der Waals surface area (Å²) in [5.41, 5.74) is 5.51. The van der Waals surface area contributed by atoms with Crippen molar-refractivity contribution in [1.82, 2.24) is 0 Å². The summed E-state index contributed by atoms with van der Waals surface area (Å²) in [5.74, 6) is 0.628. The molecule has 0 bridgehead atoms. The van der Waals surface area contributed by atoms with Crippen LogP contribution < -0.4 is 5.73 Å². The molecule has 78 valence electrons. The summed E-state index contributed by atoms with van der Waals surface area (Å²) in [7, 11) is 0. The number of aliphatic hydroxyl groups is 1. The molecule has 0 aliphatic rings. The van der Waals surface area contributed by atoms with Gasteiger partial charge in [-0.05, 0) is 12.1 Å². The van der Waals surface area contributed by atoms with Crippen molar-refractivity contribution in [3.8, 4) is 0 Å². The van der Waals surface area contributed by atoms with E-state index in [1.54, 1.807) is 12.1 Å². The molecule has 5 heteroatoms. The Bertz CT molecular complexity index is 308. The number of furan rings is 1. The lowest BCUT2D eigenvalue weighted by Gasteiger charge is -2.03. The van der Waals surface area contributed by atoms with E-state index < -0.39 is 6.04 Å². The summed E-state index contributed by atoms with van der Waals surface area (Å²) in [6.07, 6.45) is 0. The van der Waals surface area contributed by atoms with Gasteiger partial charge in [-0.2, -0.15) is 0 Å². The van der Waals surface area contributed by atoms with Gasteiger partial charge in [0.1, 0.15) is 18.1 Å². The summed E-state index contributed by atoms with van der Waals surface area (Å²) in [6.45, 7) is 1.23. The number of esters is 1. The first-order valence-electron chi connectivity index (χ1n) is 4.22. The van der Waals surface area contributed by atoms with Crippen molar-refractivity contribution in [2.24, 2.45) is 5.73 Å². The summed E-state index contributed by atoms with van der Waals surface area (Å²) < 4.78 is 9.94. The Morgan fingerprint density at radius 2 is 2.43 bits per heavy atom. The average molecular weight is 199 g/mol. The quantitative estimate of drug-likeness (QED) is 0.683. The average Bonchev–Trinajstić information content (AvgIpc) is 2.62. The molecule has 0 aromatic carbocycles. The molecule has 0 spiro atoms. The minimum atomic E-state index is -0.527. The molecule has 0 amide bonds. The lowest BCUT2D eigenvalue weighted by atomic mass is 10.2. The van der Waals surface area contributed by atoms with Crippen LogP contribution in [0.3, 0.4) is 0 Å². The van der Waals surface area contributed by atoms with Crippen LogP contribution in [0.5, 0.6) is 0 Å². The molecule has 1 rings (SSSR count). The zero-order valence-electron chi connectivity index (χ0n) is 7.90. The van der Waals surface area contributed by atoms with Gasteiger partial charge < -0.3 is 20.0 Å². The molecule has 0 saturated heterocycles. The van der Waals surface area contributed by atoms with Gasteiger partial charge in [-0.1, -0.05) is 0 Å². The Morgan fingerprint density at radius 3 is 3.00 bits per heavy atom. The van der Waals surface area contributed by atoms with Crippen molar-refractivity contribution in [2.75, 3.05) is 6.61 Å². The molecule has 0 aliphatic heterocycles. The van der Waals surface area contributed by atoms with Crippen LogP contribution in [0.1, 0.15) is 24.5 Å². The molecule has 3 N–H and O–H groups in total. The van der Waals surface area contributed by atoms with Gasteiger partial charge >= 0.3 is 5.97 Å². The third kappa shape index (κ3) is 2.86. The SMILES string of the molecule is CC(=O)OCc1ccc(C(N)CO)o1. The van der Waals surface area contributed by atoms with Crippen LogP contribution in [0, 0.1) is 0 Å². The highest BCUT2D eigenvalue weighted by molar-refractivity contribution is 5.65. The topological polar surface area (TPSA) is 85.7 Å². The van der Waals surface area contributed by atoms with Crippen LogP contribution in [0.15, 0.2) is 16.5 Å². The van der Waals surface area contributed by atoms with E-state index in [1.165, 1.54) is 6.92 Å². The van der Waals surface area contributed by atoms with Crippen molar-refractivity contribution in [3.63, 3.8) is 0 Å². The van der Waals surface area contributed by atoms with Gasteiger partial charge in [0.15, 0.2) is 0 Å². The van der Waals surface area contributed by atoms with Crippen LogP contribution in [0.25, 0.3) is 0 Å². The van der Waals surface area contributed by atoms with E-state index in [4.69, 9.17) is 20.0 Å². The smallest absolute Gasteiger partial charge is 0.303 e. The predicted molar refractivity (Wildman–Crippen MR) is 48.2 cm³/mol. The lowest BCUT2D eigenvalue weighted by molar-refractivity contribution is -0.142. The number of nitrogens with two attached hydrogens (primary N) is 1. The Labute approximate surface area is 81.5 Å². The maximum atomic E-state index is 10.5. The second-order valence-electron chi connectivity index (χ2n) is 2.87. The number of hydrogen-bond donors (Lipinski definition) is 2. The van der Waals surface area contributed by atoms with Gasteiger partial charge in [-0.15, -0.1) is 0 Å². The zero-order chi connectivity index (χ0) is 10.6. The van der Waals surface area contributed by atoms with Crippen molar-refractivity contribution in [2.45, 2.75) is 19.6 Å². The normalized spacial score (nSPS) is 12.5. The van der Waals surface area contributed by atoms with Crippen molar-refractivity contribution in [1.29, 1.82) is 0 Å². The number of carbonyl (C=O) groups is 1. The first kappa shape index (κ1) is 10.7. The maximum absolute atomic E-state index is 10.5. The van der Waals surface area contributed by atoms with E-state index in [0.29, 0.717) is 11.5 Å². The Hall–Kier alpha value is -1.33. The molecular formula is C9H13NO4. The minimum Gasteiger partial charge on any atom is -0.461 e. The third-order valence-corrected chi connectivity index (χ3v) is 1.66. The van der Waals surface area contributed by atoms with E-state index in [9.17, 15) is 4.79 Å². The summed E-state index contributed by atoms with van der Waals surface area (Å²) in [5, 5.41) is 8.75. The molecule has 1 atom stereocenters. The predicted octanol–water partition coefficient (Wildman–Crippen LogP) is 0.335. The highest BCUT2D eigenvalue weighted by atomic mass is 16.5. The van der Waals surface area contributed by atoms with E-state index in [-0.39, 0.29) is 19.2 Å². The van der Waals surface area contributed by atoms with Gasteiger partial charge in [0, 0.05) is 6.92 Å². The summed E-state index contributed by atoms with van der Waals surface area (Å²) >= 11 is 0. The minimum absolute atomic E-state index is 0.0908. The molecule has 0 saturated carbocycles. The first-order chi connectivity index (χ1) is 6.63. The van der Waals surface area contributed by atoms with Crippen LogP contribution in [0.2, 0.25) is 0 Å². The number of carbonyl (C=O) groups excluding carboxylic acids is 1. The van der Waals surface area contributed by atoms with E-state index in [0.717, 1.165) is 0 Å². The Balaban J connectivity index is 2.54. The third-order valence-electron chi connectivity index (χ3n) is 1.66. The van der Waals surface area contributed by atoms with Crippen molar-refractivity contribution in [3.05, 3.63) is 23.7 Å². The molecule has 0 fully saturated rings. The molecular weight excluding hydrogens is 186 g/mol. The molecule has 1 aromatic heterocycles. The molecule has 0 radical (unpaired) electrons. The summed E-state index contributed by atoms with van der Waals surface area (Å²) in [4.78, 5) is 10.5. The van der Waals surface area contributed by atoms with Gasteiger partial charge in [-0.3, -0.25) is 4.79 Å². The molecule has 1 heterocycles. The highest BCUT2D eigenvalue weighted by Crippen LogP contribution is 2.14. The second-order valence-corrected chi connectivity index (χ2v) is 2.87. The molecule has 1 aromatic rings. The summed E-state index contributed by atoms with van der Waals surface area (Å²) in [6, 6.07) is 2.79. The van der Waals surface area contributed by atoms with Crippen LogP contribution >= 0.6 is 0 Å². The number of aliphatic hydroxyl groups excluding tert-OH is 1. The zero-order valence-corrected chi connectivity index (χ0v) is 7.90. The van der Waals surface area contributed by atoms with Gasteiger partial charge in [0.25, 0.3) is 0 Å². The van der Waals surface area contributed by atoms with E-state index in [1.807, 2.05) is 0 Å². The highest BCUT2D eigenvalue weighted by Gasteiger charge is 2.10. The first-order valence-corrected chi connectivity index (χ1v) is 4.22. The molecule has 1 unspecified atom stereocenters. The van der Waals surface area contributed by atoms with Gasteiger partial charge in [-0.25, -0.2) is 0 Å². The fourth-order valence-electron chi connectivity index (χ4n) is 0.934.